The number of hydrogen-bond donors (Lipinski definition) is 1. The summed E-state index contributed by atoms with van der Waals surface area (Å²) in [6.45, 7) is 5.35. The van der Waals surface area contributed by atoms with Crippen molar-refractivity contribution >= 4 is 11.6 Å². The SMILES string of the molecule is CCC(CC)N(CCOC)C(=O)c1cccc(N)c1. The molecule has 2 N–H and O–H groups in total. The van der Waals surface area contributed by atoms with E-state index >= 15 is 0 Å². The Bertz CT molecular complexity index is 403. The second-order valence-electron chi connectivity index (χ2n) is 4.59. The largest absolute Gasteiger partial charge is 0.399 e. The first kappa shape index (κ1) is 15.5. The van der Waals surface area contributed by atoms with Crippen LogP contribution < -0.4 is 5.73 Å². The van der Waals surface area contributed by atoms with Crippen molar-refractivity contribution in [2.24, 2.45) is 0 Å². The maximum absolute atomic E-state index is 12.6. The molecule has 0 fully saturated rings. The fraction of sp³-hybridized carbons (Fsp3) is 0.533. The zero-order chi connectivity index (χ0) is 14.3. The van der Waals surface area contributed by atoms with Gasteiger partial charge in [-0.3, -0.25) is 4.79 Å². The van der Waals surface area contributed by atoms with Crippen molar-refractivity contribution in [3.63, 3.8) is 0 Å². The van der Waals surface area contributed by atoms with Gasteiger partial charge in [0.25, 0.3) is 5.91 Å². The van der Waals surface area contributed by atoms with Gasteiger partial charge in [-0.25, -0.2) is 0 Å². The first-order chi connectivity index (χ1) is 9.13. The highest BCUT2D eigenvalue weighted by atomic mass is 16.5. The molecular weight excluding hydrogens is 240 g/mol. The van der Waals surface area contributed by atoms with Crippen LogP contribution in [0.3, 0.4) is 0 Å². The molecule has 0 aliphatic heterocycles. The molecule has 4 nitrogen and oxygen atoms in total. The second-order valence-corrected chi connectivity index (χ2v) is 4.59. The second kappa shape index (κ2) is 7.79. The van der Waals surface area contributed by atoms with Crippen molar-refractivity contribution in [3.8, 4) is 0 Å². The maximum atomic E-state index is 12.6. The minimum absolute atomic E-state index is 0.0260. The number of nitrogen functional groups attached to an aromatic ring is 1. The van der Waals surface area contributed by atoms with Gasteiger partial charge in [0.2, 0.25) is 0 Å². The number of anilines is 1. The van der Waals surface area contributed by atoms with Crippen LogP contribution in [0.2, 0.25) is 0 Å². The molecule has 0 bridgehead atoms. The Morgan fingerprint density at radius 1 is 1.37 bits per heavy atom. The van der Waals surface area contributed by atoms with Crippen LogP contribution in [0, 0.1) is 0 Å². The molecule has 0 atom stereocenters. The molecular formula is C15H24N2O2. The molecule has 106 valence electrons. The summed E-state index contributed by atoms with van der Waals surface area (Å²) in [7, 11) is 1.65. The van der Waals surface area contributed by atoms with Gasteiger partial charge >= 0.3 is 0 Å². The van der Waals surface area contributed by atoms with E-state index in [4.69, 9.17) is 10.5 Å². The topological polar surface area (TPSA) is 55.6 Å². The minimum Gasteiger partial charge on any atom is -0.399 e. The average Bonchev–Trinajstić information content (AvgIpc) is 2.43. The molecule has 0 aliphatic rings. The van der Waals surface area contributed by atoms with Gasteiger partial charge in [0.15, 0.2) is 0 Å². The van der Waals surface area contributed by atoms with Gasteiger partial charge in [0.1, 0.15) is 0 Å². The van der Waals surface area contributed by atoms with E-state index < -0.39 is 0 Å². The van der Waals surface area contributed by atoms with E-state index in [-0.39, 0.29) is 11.9 Å². The molecule has 0 unspecified atom stereocenters. The monoisotopic (exact) mass is 264 g/mol. The number of hydrogen-bond acceptors (Lipinski definition) is 3. The molecule has 0 aliphatic carbocycles. The predicted molar refractivity (Wildman–Crippen MR) is 78.1 cm³/mol. The summed E-state index contributed by atoms with van der Waals surface area (Å²) >= 11 is 0. The third-order valence-electron chi connectivity index (χ3n) is 3.31. The zero-order valence-corrected chi connectivity index (χ0v) is 12.1. The molecule has 4 heteroatoms. The zero-order valence-electron chi connectivity index (χ0n) is 12.1. The van der Waals surface area contributed by atoms with Gasteiger partial charge in [-0.1, -0.05) is 19.9 Å². The quantitative estimate of drug-likeness (QED) is 0.770. The average molecular weight is 264 g/mol. The lowest BCUT2D eigenvalue weighted by Gasteiger charge is -2.30. The summed E-state index contributed by atoms with van der Waals surface area (Å²) in [5.74, 6) is 0.0260. The third kappa shape index (κ3) is 4.24. The number of nitrogens with zero attached hydrogens (tertiary/aromatic N) is 1. The van der Waals surface area contributed by atoms with Gasteiger partial charge in [0, 0.05) is 30.9 Å². The Labute approximate surface area is 115 Å². The molecule has 1 amide bonds. The van der Waals surface area contributed by atoms with Gasteiger partial charge in [-0.15, -0.1) is 0 Å². The maximum Gasteiger partial charge on any atom is 0.254 e. The van der Waals surface area contributed by atoms with E-state index in [1.165, 1.54) is 0 Å². The molecule has 0 saturated carbocycles. The Morgan fingerprint density at radius 3 is 2.58 bits per heavy atom. The first-order valence-electron chi connectivity index (χ1n) is 6.79. The van der Waals surface area contributed by atoms with Crippen LogP contribution in [-0.4, -0.2) is 37.1 Å². The molecule has 0 saturated heterocycles. The fourth-order valence-electron chi connectivity index (χ4n) is 2.21. The summed E-state index contributed by atoms with van der Waals surface area (Å²) in [5.41, 5.74) is 7.00. The fourth-order valence-corrected chi connectivity index (χ4v) is 2.21. The van der Waals surface area contributed by atoms with E-state index in [0.29, 0.717) is 24.4 Å². The first-order valence-corrected chi connectivity index (χ1v) is 6.79. The Balaban J connectivity index is 2.92. The Hall–Kier alpha value is -1.55. The van der Waals surface area contributed by atoms with Crippen molar-refractivity contribution in [2.75, 3.05) is 26.0 Å². The third-order valence-corrected chi connectivity index (χ3v) is 3.31. The van der Waals surface area contributed by atoms with Gasteiger partial charge in [0.05, 0.1) is 6.61 Å². The lowest BCUT2D eigenvalue weighted by atomic mass is 10.1. The smallest absolute Gasteiger partial charge is 0.254 e. The van der Waals surface area contributed by atoms with E-state index in [1.807, 2.05) is 11.0 Å². The summed E-state index contributed by atoms with van der Waals surface area (Å²) in [5, 5.41) is 0. The lowest BCUT2D eigenvalue weighted by Crippen LogP contribution is -2.41. The number of methoxy groups -OCH3 is 1. The highest BCUT2D eigenvalue weighted by molar-refractivity contribution is 5.95. The normalized spacial score (nSPS) is 10.7. The lowest BCUT2D eigenvalue weighted by molar-refractivity contribution is 0.0589. The Kier molecular flexibility index (Phi) is 6.36. The van der Waals surface area contributed by atoms with E-state index in [1.54, 1.807) is 25.3 Å². The molecule has 0 aromatic heterocycles. The number of carbonyl (C=O) groups excluding carboxylic acids is 1. The summed E-state index contributed by atoms with van der Waals surface area (Å²) in [6.07, 6.45) is 1.88. The predicted octanol–water partition coefficient (Wildman–Crippen LogP) is 2.55. The van der Waals surface area contributed by atoms with Crippen LogP contribution in [-0.2, 0) is 4.74 Å². The summed E-state index contributed by atoms with van der Waals surface area (Å²) in [4.78, 5) is 14.5. The number of carbonyl (C=O) groups is 1. The van der Waals surface area contributed by atoms with Crippen molar-refractivity contribution in [1.29, 1.82) is 0 Å². The highest BCUT2D eigenvalue weighted by Crippen LogP contribution is 2.15. The number of rotatable bonds is 7. The van der Waals surface area contributed by atoms with Crippen LogP contribution in [0.4, 0.5) is 5.69 Å². The Morgan fingerprint density at radius 2 is 2.05 bits per heavy atom. The molecule has 1 aromatic rings. The molecule has 0 spiro atoms. The summed E-state index contributed by atoms with van der Waals surface area (Å²) < 4.78 is 5.10. The number of ether oxygens (including phenoxy) is 1. The van der Waals surface area contributed by atoms with E-state index in [0.717, 1.165) is 12.8 Å². The van der Waals surface area contributed by atoms with Crippen molar-refractivity contribution in [2.45, 2.75) is 32.7 Å². The van der Waals surface area contributed by atoms with Crippen LogP contribution >= 0.6 is 0 Å². The van der Waals surface area contributed by atoms with Gasteiger partial charge in [-0.05, 0) is 31.0 Å². The highest BCUT2D eigenvalue weighted by Gasteiger charge is 2.22. The van der Waals surface area contributed by atoms with Crippen LogP contribution in [0.5, 0.6) is 0 Å². The number of nitrogens with two attached hydrogens (primary N) is 1. The molecule has 1 aromatic carbocycles. The number of amides is 1. The molecule has 0 heterocycles. The van der Waals surface area contributed by atoms with Gasteiger partial charge < -0.3 is 15.4 Å². The van der Waals surface area contributed by atoms with Gasteiger partial charge in [-0.2, -0.15) is 0 Å². The van der Waals surface area contributed by atoms with Crippen molar-refractivity contribution in [1.82, 2.24) is 4.90 Å². The molecule has 19 heavy (non-hydrogen) atoms. The van der Waals surface area contributed by atoms with E-state index in [2.05, 4.69) is 13.8 Å². The standard InChI is InChI=1S/C15H24N2O2/c1-4-14(5-2)17(9-10-19-3)15(18)12-7-6-8-13(16)11-12/h6-8,11,14H,4-5,9-10,16H2,1-3H3. The number of benzene rings is 1. The van der Waals surface area contributed by atoms with Crippen molar-refractivity contribution in [3.05, 3.63) is 29.8 Å². The van der Waals surface area contributed by atoms with Crippen LogP contribution in [0.1, 0.15) is 37.0 Å². The van der Waals surface area contributed by atoms with Crippen LogP contribution in [0.25, 0.3) is 0 Å². The molecule has 1 rings (SSSR count). The van der Waals surface area contributed by atoms with Crippen LogP contribution in [0.15, 0.2) is 24.3 Å². The molecule has 0 radical (unpaired) electrons. The van der Waals surface area contributed by atoms with E-state index in [9.17, 15) is 4.79 Å². The summed E-state index contributed by atoms with van der Waals surface area (Å²) in [6, 6.07) is 7.37. The minimum atomic E-state index is 0.0260. The van der Waals surface area contributed by atoms with Crippen molar-refractivity contribution < 1.29 is 9.53 Å².